The number of rotatable bonds is 2. The molecule has 2 aliphatic heterocycles. The van der Waals surface area contributed by atoms with Gasteiger partial charge in [0.05, 0.1) is 6.10 Å². The second-order valence-corrected chi connectivity index (χ2v) is 5.90. The van der Waals surface area contributed by atoms with Crippen molar-refractivity contribution in [3.05, 3.63) is 29.3 Å². The molecule has 2 atom stereocenters. The number of carbonyl (C=O) groups is 1. The molecule has 2 unspecified atom stereocenters. The average molecular weight is 274 g/mol. The third-order valence-corrected chi connectivity index (χ3v) is 4.52. The van der Waals surface area contributed by atoms with Gasteiger partial charge in [-0.25, -0.2) is 0 Å². The Balaban J connectivity index is 1.81. The van der Waals surface area contributed by atoms with Crippen molar-refractivity contribution >= 4 is 11.6 Å². The van der Waals surface area contributed by atoms with Crippen molar-refractivity contribution < 1.29 is 9.90 Å². The molecule has 2 aliphatic rings. The lowest BCUT2D eigenvalue weighted by Crippen LogP contribution is -2.31. The smallest absolute Gasteiger partial charge is 0.254 e. The van der Waals surface area contributed by atoms with Gasteiger partial charge in [-0.05, 0) is 43.9 Å². The van der Waals surface area contributed by atoms with Gasteiger partial charge in [0.25, 0.3) is 5.91 Å². The van der Waals surface area contributed by atoms with Gasteiger partial charge in [0.15, 0.2) is 0 Å². The Morgan fingerprint density at radius 2 is 2.35 bits per heavy atom. The Morgan fingerprint density at radius 3 is 3.10 bits per heavy atom. The van der Waals surface area contributed by atoms with Crippen molar-refractivity contribution in [2.24, 2.45) is 5.92 Å². The van der Waals surface area contributed by atoms with E-state index in [2.05, 4.69) is 5.32 Å². The lowest BCUT2D eigenvalue weighted by atomic mass is 9.97. The van der Waals surface area contributed by atoms with Gasteiger partial charge in [0.1, 0.15) is 0 Å². The van der Waals surface area contributed by atoms with Gasteiger partial charge < -0.3 is 15.3 Å². The molecule has 1 fully saturated rings. The summed E-state index contributed by atoms with van der Waals surface area (Å²) < 4.78 is 0. The Bertz CT molecular complexity index is 513. The van der Waals surface area contributed by atoms with E-state index in [1.165, 1.54) is 0 Å². The second kappa shape index (κ2) is 5.44. The quantitative estimate of drug-likeness (QED) is 0.866. The van der Waals surface area contributed by atoms with Crippen LogP contribution in [0.2, 0.25) is 0 Å². The van der Waals surface area contributed by atoms with Crippen molar-refractivity contribution in [3.63, 3.8) is 0 Å². The van der Waals surface area contributed by atoms with Crippen LogP contribution in [0, 0.1) is 5.92 Å². The first kappa shape index (κ1) is 13.4. The molecule has 0 radical (unpaired) electrons. The number of hydrogen-bond acceptors (Lipinski definition) is 3. The van der Waals surface area contributed by atoms with Gasteiger partial charge in [-0.3, -0.25) is 4.79 Å². The highest BCUT2D eigenvalue weighted by atomic mass is 16.3. The Kier molecular flexibility index (Phi) is 3.66. The van der Waals surface area contributed by atoms with Crippen LogP contribution in [0.15, 0.2) is 18.2 Å². The molecule has 3 rings (SSSR count). The minimum Gasteiger partial charge on any atom is -0.393 e. The lowest BCUT2D eigenvalue weighted by molar-refractivity contribution is 0.0761. The SMILES string of the molecule is CC(O)C1CCN(C(=O)c2cccc3c2CCCN3)C1. The predicted octanol–water partition coefficient (Wildman–Crippen LogP) is 1.89. The summed E-state index contributed by atoms with van der Waals surface area (Å²) in [4.78, 5) is 14.6. The zero-order valence-corrected chi connectivity index (χ0v) is 11.9. The van der Waals surface area contributed by atoms with E-state index in [4.69, 9.17) is 0 Å². The van der Waals surface area contributed by atoms with Gasteiger partial charge in [-0.15, -0.1) is 0 Å². The third kappa shape index (κ3) is 2.40. The van der Waals surface area contributed by atoms with Crippen molar-refractivity contribution in [2.45, 2.75) is 32.3 Å². The zero-order chi connectivity index (χ0) is 14.1. The summed E-state index contributed by atoms with van der Waals surface area (Å²) in [5, 5.41) is 13.0. The monoisotopic (exact) mass is 274 g/mol. The second-order valence-electron chi connectivity index (χ2n) is 5.90. The first-order valence-corrected chi connectivity index (χ1v) is 7.50. The molecular formula is C16H22N2O2. The number of nitrogens with zero attached hydrogens (tertiary/aromatic N) is 1. The maximum atomic E-state index is 12.7. The summed E-state index contributed by atoms with van der Waals surface area (Å²) in [5.41, 5.74) is 3.10. The molecule has 1 aromatic carbocycles. The standard InChI is InChI=1S/C16H22N2O2/c1-11(19)12-7-9-18(10-12)16(20)14-4-2-6-15-13(14)5-3-8-17-15/h2,4,6,11-12,17,19H,3,5,7-10H2,1H3. The molecule has 0 saturated carbocycles. The number of nitrogens with one attached hydrogen (secondary N) is 1. The molecule has 1 aromatic rings. The van der Waals surface area contributed by atoms with E-state index < -0.39 is 0 Å². The van der Waals surface area contributed by atoms with E-state index in [0.29, 0.717) is 6.54 Å². The number of anilines is 1. The number of carbonyl (C=O) groups excluding carboxylic acids is 1. The molecule has 0 aromatic heterocycles. The number of hydrogen-bond donors (Lipinski definition) is 2. The fourth-order valence-corrected chi connectivity index (χ4v) is 3.25. The van der Waals surface area contributed by atoms with E-state index in [-0.39, 0.29) is 17.9 Å². The Hall–Kier alpha value is -1.55. The van der Waals surface area contributed by atoms with Crippen LogP contribution in [0.5, 0.6) is 0 Å². The van der Waals surface area contributed by atoms with E-state index in [1.54, 1.807) is 0 Å². The summed E-state index contributed by atoms with van der Waals surface area (Å²) in [6.45, 7) is 4.23. The van der Waals surface area contributed by atoms with Gasteiger partial charge in [0, 0.05) is 36.8 Å². The van der Waals surface area contributed by atoms with Gasteiger partial charge in [0.2, 0.25) is 0 Å². The molecule has 4 nitrogen and oxygen atoms in total. The molecule has 0 bridgehead atoms. The van der Waals surface area contributed by atoms with Crippen LogP contribution < -0.4 is 5.32 Å². The molecular weight excluding hydrogens is 252 g/mol. The summed E-state index contributed by atoms with van der Waals surface area (Å²) in [6.07, 6.45) is 2.61. The van der Waals surface area contributed by atoms with Crippen LogP contribution in [0.25, 0.3) is 0 Å². The molecule has 20 heavy (non-hydrogen) atoms. The average Bonchev–Trinajstić information content (AvgIpc) is 2.96. The lowest BCUT2D eigenvalue weighted by Gasteiger charge is -2.23. The topological polar surface area (TPSA) is 52.6 Å². The number of aliphatic hydroxyl groups is 1. The minimum atomic E-state index is -0.334. The number of likely N-dealkylation sites (tertiary alicyclic amines) is 1. The summed E-state index contributed by atoms with van der Waals surface area (Å²) in [5.74, 6) is 0.338. The summed E-state index contributed by atoms with van der Waals surface area (Å²) >= 11 is 0. The Labute approximate surface area is 119 Å². The van der Waals surface area contributed by atoms with E-state index in [1.807, 2.05) is 30.0 Å². The first-order valence-electron chi connectivity index (χ1n) is 7.50. The fourth-order valence-electron chi connectivity index (χ4n) is 3.25. The molecule has 2 N–H and O–H groups in total. The predicted molar refractivity (Wildman–Crippen MR) is 78.9 cm³/mol. The summed E-state index contributed by atoms with van der Waals surface area (Å²) in [7, 11) is 0. The van der Waals surface area contributed by atoms with Gasteiger partial charge in [-0.2, -0.15) is 0 Å². The van der Waals surface area contributed by atoms with Crippen molar-refractivity contribution in [3.8, 4) is 0 Å². The molecule has 4 heteroatoms. The van der Waals surface area contributed by atoms with E-state index >= 15 is 0 Å². The van der Waals surface area contributed by atoms with Crippen molar-refractivity contribution in [1.82, 2.24) is 4.90 Å². The van der Waals surface area contributed by atoms with E-state index in [9.17, 15) is 9.90 Å². The first-order chi connectivity index (χ1) is 9.66. The molecule has 2 heterocycles. The normalized spacial score (nSPS) is 23.1. The Morgan fingerprint density at radius 1 is 1.50 bits per heavy atom. The highest BCUT2D eigenvalue weighted by molar-refractivity contribution is 5.97. The highest BCUT2D eigenvalue weighted by Gasteiger charge is 2.31. The van der Waals surface area contributed by atoms with Crippen LogP contribution in [-0.4, -0.2) is 41.7 Å². The number of benzene rings is 1. The highest BCUT2D eigenvalue weighted by Crippen LogP contribution is 2.28. The zero-order valence-electron chi connectivity index (χ0n) is 11.9. The fraction of sp³-hybridized carbons (Fsp3) is 0.562. The van der Waals surface area contributed by atoms with Crippen molar-refractivity contribution in [2.75, 3.05) is 25.0 Å². The van der Waals surface area contributed by atoms with Crippen LogP contribution in [0.4, 0.5) is 5.69 Å². The van der Waals surface area contributed by atoms with Gasteiger partial charge in [-0.1, -0.05) is 6.07 Å². The minimum absolute atomic E-state index is 0.119. The summed E-state index contributed by atoms with van der Waals surface area (Å²) in [6, 6.07) is 5.93. The molecule has 0 spiro atoms. The van der Waals surface area contributed by atoms with Gasteiger partial charge >= 0.3 is 0 Å². The largest absolute Gasteiger partial charge is 0.393 e. The van der Waals surface area contributed by atoms with Crippen LogP contribution >= 0.6 is 0 Å². The molecule has 0 aliphatic carbocycles. The maximum Gasteiger partial charge on any atom is 0.254 e. The molecule has 1 saturated heterocycles. The number of amides is 1. The van der Waals surface area contributed by atoms with Crippen LogP contribution in [0.3, 0.4) is 0 Å². The van der Waals surface area contributed by atoms with Crippen LogP contribution in [-0.2, 0) is 6.42 Å². The number of aliphatic hydroxyl groups excluding tert-OH is 1. The van der Waals surface area contributed by atoms with Crippen LogP contribution in [0.1, 0.15) is 35.7 Å². The number of fused-ring (bicyclic) bond motifs is 1. The maximum absolute atomic E-state index is 12.7. The third-order valence-electron chi connectivity index (χ3n) is 4.52. The molecule has 1 amide bonds. The van der Waals surface area contributed by atoms with E-state index in [0.717, 1.165) is 49.2 Å². The van der Waals surface area contributed by atoms with Crippen molar-refractivity contribution in [1.29, 1.82) is 0 Å². The molecule has 108 valence electrons.